The monoisotopic (exact) mass is 1690 g/mol. The van der Waals surface area contributed by atoms with Crippen LogP contribution in [0.2, 0.25) is 0 Å². The van der Waals surface area contributed by atoms with Crippen molar-refractivity contribution in [2.45, 2.75) is 161 Å². The number of imidazole rings is 2. The number of carbonyl (C=O) groups is 12. The van der Waals surface area contributed by atoms with Crippen LogP contribution >= 0.6 is 0 Å². The molecule has 8 aliphatic heterocycles. The van der Waals surface area contributed by atoms with Crippen LogP contribution in [-0.2, 0) is 38.4 Å². The van der Waals surface area contributed by atoms with Gasteiger partial charge in [-0.1, -0.05) is 65.1 Å². The van der Waals surface area contributed by atoms with Crippen molar-refractivity contribution < 1.29 is 62.0 Å². The summed E-state index contributed by atoms with van der Waals surface area (Å²) in [5.41, 5.74) is 10.7. The summed E-state index contributed by atoms with van der Waals surface area (Å²) < 4.78 is 5.27. The second-order valence-corrected chi connectivity index (χ2v) is 33.7. The number of furan rings is 1. The van der Waals surface area contributed by atoms with Crippen LogP contribution in [0.25, 0.3) is 19.4 Å². The molecule has 0 aliphatic carbocycles. The lowest BCUT2D eigenvalue weighted by atomic mass is 9.82. The summed E-state index contributed by atoms with van der Waals surface area (Å²) in [6, 6.07) is 27.2. The van der Waals surface area contributed by atoms with Gasteiger partial charge in [0.1, 0.15) is 0 Å². The average Bonchev–Trinajstić information content (AvgIpc) is 0.828. The minimum absolute atomic E-state index is 0.0607. The van der Waals surface area contributed by atoms with E-state index in [4.69, 9.17) is 30.7 Å². The number of benzene rings is 4. The molecule has 12 amide bonds. The lowest BCUT2D eigenvalue weighted by Crippen LogP contribution is -2.40. The SMILES string of the molecule is [C-]#[N+]c1c[nH]c(C(=O)Nc2ccc(C3CC(=O)NC(=O)C3)cc2N2CCC(C)CC2)c1.[C-]#[N+]c1ccc(C(=O)Nc2ccc(C3CC(=O)N(C)C(=O)C3)cc2N2CCC(C)(C)CC2)o1.[C-]#[N+]c1cnc(C(=O)Nc2ccc(C3CC(=O)NC(=O)C3)cc2N2CCC(C)CC2)[nH]1.[C-]#[N+]c1cnc(C(=O)Nc2ccc(C3CC(=O)NC(=O)C3)cc2N2CCCCC2)[nH]1. The van der Waals surface area contributed by atoms with Crippen molar-refractivity contribution in [3.8, 4) is 0 Å². The van der Waals surface area contributed by atoms with E-state index in [1.54, 1.807) is 0 Å². The van der Waals surface area contributed by atoms with Crippen molar-refractivity contribution in [2.24, 2.45) is 17.3 Å². The Bertz CT molecular complexity index is 5420. The highest BCUT2D eigenvalue weighted by molar-refractivity contribution is 6.08. The molecule has 8 fully saturated rings. The Morgan fingerprint density at radius 3 is 1.14 bits per heavy atom. The van der Waals surface area contributed by atoms with Crippen LogP contribution < -0.4 is 56.8 Å². The fourth-order valence-corrected chi connectivity index (χ4v) is 16.6. The van der Waals surface area contributed by atoms with Gasteiger partial charge < -0.3 is 60.0 Å². The van der Waals surface area contributed by atoms with Gasteiger partial charge in [0.05, 0.1) is 76.7 Å². The molecule has 0 saturated carbocycles. The molecule has 12 heterocycles. The molecule has 0 bridgehead atoms. The largest absolute Gasteiger partial charge is 0.475 e. The second kappa shape index (κ2) is 39.5. The van der Waals surface area contributed by atoms with Crippen LogP contribution in [0.3, 0.4) is 0 Å². The van der Waals surface area contributed by atoms with Gasteiger partial charge in [0.25, 0.3) is 23.5 Å². The van der Waals surface area contributed by atoms with E-state index >= 15 is 0 Å². The summed E-state index contributed by atoms with van der Waals surface area (Å²) in [4.78, 5) is 186. The van der Waals surface area contributed by atoms with E-state index < -0.39 is 17.7 Å². The van der Waals surface area contributed by atoms with Crippen molar-refractivity contribution >= 4 is 140 Å². The fraction of sp³-hybridized carbons (Fsp3) is 0.407. The van der Waals surface area contributed by atoms with Crippen LogP contribution in [0.15, 0.2) is 114 Å². The molecular weight excluding hydrogens is 1600 g/mol. The Balaban J connectivity index is 0.000000143. The van der Waals surface area contributed by atoms with E-state index in [9.17, 15) is 57.5 Å². The molecule has 34 nitrogen and oxygen atoms in total. The van der Waals surface area contributed by atoms with Crippen LogP contribution in [0.4, 0.5) is 68.7 Å². The molecule has 4 aromatic carbocycles. The number of hydrogen-bond donors (Lipinski definition) is 10. The van der Waals surface area contributed by atoms with Crippen molar-refractivity contribution in [1.82, 2.24) is 45.8 Å². The number of anilines is 8. The average molecular weight is 1690 g/mol. The van der Waals surface area contributed by atoms with Gasteiger partial charge >= 0.3 is 17.7 Å². The Morgan fingerprint density at radius 2 is 0.792 bits per heavy atom. The molecule has 8 saturated heterocycles. The summed E-state index contributed by atoms with van der Waals surface area (Å²) in [5, 5.41) is 18.7. The molecule has 10 N–H and O–H groups in total. The highest BCUT2D eigenvalue weighted by Gasteiger charge is 2.36. The molecule has 8 aromatic rings. The smallest absolute Gasteiger partial charge is 0.346 e. The molecule has 8 aliphatic rings. The third-order valence-electron chi connectivity index (χ3n) is 24.1. The highest BCUT2D eigenvalue weighted by atomic mass is 16.4. The minimum Gasteiger partial charge on any atom is -0.475 e. The summed E-state index contributed by atoms with van der Waals surface area (Å²) in [6.45, 7) is 44.0. The van der Waals surface area contributed by atoms with Crippen LogP contribution in [0, 0.1) is 43.5 Å². The summed E-state index contributed by atoms with van der Waals surface area (Å²) >= 11 is 0. The Labute approximate surface area is 722 Å². The number of aromatic amines is 3. The third-order valence-corrected chi connectivity index (χ3v) is 24.1. The Hall–Kier alpha value is -14.5. The molecule has 646 valence electrons. The molecular formula is C91H99N21O13. The van der Waals surface area contributed by atoms with Crippen LogP contribution in [-0.4, -0.2) is 160 Å². The zero-order chi connectivity index (χ0) is 88.8. The van der Waals surface area contributed by atoms with Crippen molar-refractivity contribution in [2.75, 3.05) is 100 Å². The highest BCUT2D eigenvalue weighted by Crippen LogP contribution is 2.43. The van der Waals surface area contributed by atoms with Gasteiger partial charge in [-0.15, -0.1) is 0 Å². The number of aromatic nitrogens is 5. The van der Waals surface area contributed by atoms with Gasteiger partial charge in [0, 0.05) is 141 Å². The number of rotatable bonds is 16. The number of nitrogens with one attached hydrogen (secondary N) is 10. The minimum atomic E-state index is -0.430. The predicted octanol–water partition coefficient (Wildman–Crippen LogP) is 13.8. The fourth-order valence-electron chi connectivity index (χ4n) is 16.6. The molecule has 16 rings (SSSR count). The quantitative estimate of drug-likeness (QED) is 0.0317. The number of carbonyl (C=O) groups excluding carboxylic acids is 12. The first kappa shape index (κ1) is 88.3. The number of piperidine rings is 8. The lowest BCUT2D eigenvalue weighted by Gasteiger charge is -2.39. The Morgan fingerprint density at radius 1 is 0.432 bits per heavy atom. The van der Waals surface area contributed by atoms with Gasteiger partial charge in [0.15, 0.2) is 5.76 Å². The van der Waals surface area contributed by atoms with Crippen molar-refractivity contribution in [3.63, 3.8) is 0 Å². The summed E-state index contributed by atoms with van der Waals surface area (Å²) in [6.07, 6.45) is 15.9. The number of H-pyrrole nitrogens is 3. The van der Waals surface area contributed by atoms with E-state index in [0.29, 0.717) is 46.0 Å². The van der Waals surface area contributed by atoms with Crippen molar-refractivity contribution in [1.29, 1.82) is 0 Å². The van der Waals surface area contributed by atoms with Crippen molar-refractivity contribution in [3.05, 3.63) is 201 Å². The van der Waals surface area contributed by atoms with E-state index in [-0.39, 0.29) is 169 Å². The zero-order valence-corrected chi connectivity index (χ0v) is 70.3. The van der Waals surface area contributed by atoms with Crippen LogP contribution in [0.5, 0.6) is 0 Å². The van der Waals surface area contributed by atoms with Gasteiger partial charge in [-0.05, 0) is 164 Å². The number of likely N-dealkylation sites (tertiary alicyclic amines) is 1. The molecule has 34 heteroatoms. The molecule has 0 atom stereocenters. The Kier molecular flexibility index (Phi) is 27.9. The summed E-state index contributed by atoms with van der Waals surface area (Å²) in [7, 11) is 1.52. The molecule has 125 heavy (non-hydrogen) atoms. The maximum absolute atomic E-state index is 12.8. The standard InChI is InChI=1S/C25H28N4O4.C23H25N5O3.C22H24N6O3.C21H22N6O3/c1-25(2)9-11-29(12-10-25)19-13-16(17-14-22(30)28(4)23(31)15-17)5-6-18(19)27-24(32)20-7-8-21(26-3)33-20;1-14-5-7-28(8-6-14)20-9-15(16-10-21(29)27-22(30)11-16)3-4-18(20)26-23(31)19-12-17(24-2)13-25-19;1-13-5-7-28(8-6-13)17-9-14(15-10-19(29)27-20(30)11-15)3-4-16(17)25-22(31)21-24-12-18(23-2)26-21;1-22-17-12-23-20(25-17)21(30)24-15-6-5-13(14-10-18(28)26-19(29)11-14)9-16(15)27-7-3-2-4-8-27/h5-8,13,17H,9-12,14-15H2,1-2,4H3,(H,27,32);3-4,9,12-14,16,25H,5-8,10-11H2,1H3,(H,26,31)(H,27,29,30);3-4,9,12-13,15H,5-8,10-11H2,1H3,(H,24,26)(H,25,31)(H,27,29,30);5-6,9,12,14H,2-4,7-8,10-11H2,(H,23,25)(H,24,30)(H,26,28,29). The summed E-state index contributed by atoms with van der Waals surface area (Å²) in [5.74, 6) is -2.25. The third kappa shape index (κ3) is 22.4. The van der Waals surface area contributed by atoms with Gasteiger partial charge in [-0.3, -0.25) is 88.4 Å². The van der Waals surface area contributed by atoms with Crippen LogP contribution in [0.1, 0.15) is 225 Å². The molecule has 4 aromatic heterocycles. The van der Waals surface area contributed by atoms with Gasteiger partial charge in [0.2, 0.25) is 64.6 Å². The van der Waals surface area contributed by atoms with E-state index in [1.165, 1.54) is 55.2 Å². The first-order chi connectivity index (χ1) is 60.0. The first-order valence-electron chi connectivity index (χ1n) is 42.0. The molecule has 0 radical (unpaired) electrons. The topological polar surface area (TPSA) is 409 Å². The number of hydrogen-bond acceptors (Lipinski definition) is 19. The molecule has 0 spiro atoms. The van der Waals surface area contributed by atoms with Gasteiger partial charge in [-0.25, -0.2) is 14.8 Å². The molecule has 0 unspecified atom stereocenters. The van der Waals surface area contributed by atoms with E-state index in [0.717, 1.165) is 149 Å². The normalized spacial score (nSPS) is 18.0. The predicted molar refractivity (Wildman–Crippen MR) is 467 cm³/mol. The maximum Gasteiger partial charge on any atom is 0.346 e. The number of imide groups is 4. The van der Waals surface area contributed by atoms with E-state index in [1.807, 2.05) is 72.8 Å². The maximum atomic E-state index is 12.8. The number of amides is 12. The zero-order valence-electron chi connectivity index (χ0n) is 70.3. The lowest BCUT2D eigenvalue weighted by molar-refractivity contribution is -0.147. The first-order valence-corrected chi connectivity index (χ1v) is 42.0. The number of nitrogens with zero attached hydrogens (tertiary/aromatic N) is 11. The second-order valence-electron chi connectivity index (χ2n) is 33.7. The van der Waals surface area contributed by atoms with E-state index in [2.05, 4.69) is 129 Å². The van der Waals surface area contributed by atoms with Gasteiger partial charge in [-0.2, -0.15) is 4.85 Å².